The molecular formula is C18H15BrFN5O2. The molecule has 0 bridgehead atoms. The monoisotopic (exact) mass is 431 g/mol. The van der Waals surface area contributed by atoms with Crippen molar-refractivity contribution in [1.82, 2.24) is 20.0 Å². The topological polar surface area (TPSA) is 81.9 Å². The molecule has 1 N–H and O–H groups in total. The second kappa shape index (κ2) is 6.73. The largest absolute Gasteiger partial charge is 0.480 e. The first-order chi connectivity index (χ1) is 13.0. The van der Waals surface area contributed by atoms with Gasteiger partial charge in [-0.3, -0.25) is 4.79 Å². The molecule has 2 aromatic heterocycles. The first-order valence-corrected chi connectivity index (χ1v) is 8.99. The second-order valence-corrected chi connectivity index (χ2v) is 7.03. The number of carbonyl (C=O) groups is 1. The van der Waals surface area contributed by atoms with Gasteiger partial charge in [-0.05, 0) is 46.6 Å². The van der Waals surface area contributed by atoms with Crippen LogP contribution in [0.4, 0.5) is 10.2 Å². The number of nitrogens with one attached hydrogen (secondary N) is 1. The molecule has 27 heavy (non-hydrogen) atoms. The van der Waals surface area contributed by atoms with E-state index in [0.717, 1.165) is 16.8 Å². The summed E-state index contributed by atoms with van der Waals surface area (Å²) < 4.78 is 20.6. The van der Waals surface area contributed by atoms with Gasteiger partial charge in [0.1, 0.15) is 11.6 Å². The number of halogens is 2. The van der Waals surface area contributed by atoms with Crippen molar-refractivity contribution in [1.29, 1.82) is 0 Å². The maximum atomic E-state index is 13.6. The third kappa shape index (κ3) is 3.08. The van der Waals surface area contributed by atoms with E-state index in [1.54, 1.807) is 28.9 Å². The van der Waals surface area contributed by atoms with Crippen LogP contribution in [0.3, 0.4) is 0 Å². The number of nitrogens with zero attached hydrogens (tertiary/aromatic N) is 4. The van der Waals surface area contributed by atoms with Gasteiger partial charge in [0.25, 0.3) is 0 Å². The highest BCUT2D eigenvalue weighted by molar-refractivity contribution is 9.10. The molecule has 0 saturated heterocycles. The van der Waals surface area contributed by atoms with E-state index in [1.165, 1.54) is 13.2 Å². The highest BCUT2D eigenvalue weighted by Crippen LogP contribution is 2.40. The van der Waals surface area contributed by atoms with Crippen molar-refractivity contribution in [2.24, 2.45) is 0 Å². The molecular weight excluding hydrogens is 417 g/mol. The van der Waals surface area contributed by atoms with Crippen molar-refractivity contribution < 1.29 is 13.9 Å². The number of anilines is 1. The zero-order valence-electron chi connectivity index (χ0n) is 14.5. The third-order valence-corrected chi connectivity index (χ3v) is 5.11. The molecule has 138 valence electrons. The number of hydrogen-bond acceptors (Lipinski definition) is 5. The fourth-order valence-corrected chi connectivity index (χ4v) is 3.66. The molecule has 3 heterocycles. The number of aromatic nitrogens is 4. The van der Waals surface area contributed by atoms with Crippen LogP contribution in [0.2, 0.25) is 0 Å². The van der Waals surface area contributed by atoms with Gasteiger partial charge in [0.05, 0.1) is 17.3 Å². The number of benzene rings is 1. The average molecular weight is 432 g/mol. The van der Waals surface area contributed by atoms with Crippen LogP contribution in [-0.4, -0.2) is 33.0 Å². The lowest BCUT2D eigenvalue weighted by Gasteiger charge is -2.24. The van der Waals surface area contributed by atoms with Crippen LogP contribution in [-0.2, 0) is 4.79 Å². The molecule has 0 aliphatic carbocycles. The molecule has 1 aliphatic rings. The van der Waals surface area contributed by atoms with Gasteiger partial charge in [-0.25, -0.2) is 4.39 Å². The van der Waals surface area contributed by atoms with Gasteiger partial charge in [0.2, 0.25) is 11.8 Å². The predicted octanol–water partition coefficient (Wildman–Crippen LogP) is 3.36. The molecule has 0 saturated carbocycles. The van der Waals surface area contributed by atoms with Gasteiger partial charge in [-0.15, -0.1) is 10.2 Å². The fourth-order valence-electron chi connectivity index (χ4n) is 3.26. The van der Waals surface area contributed by atoms with E-state index in [0.29, 0.717) is 22.0 Å². The molecule has 1 atom stereocenters. The number of aryl methyl sites for hydroxylation is 1. The van der Waals surface area contributed by atoms with Crippen molar-refractivity contribution in [3.05, 3.63) is 57.4 Å². The molecule has 1 amide bonds. The molecule has 0 fully saturated rings. The third-order valence-electron chi connectivity index (χ3n) is 4.50. The summed E-state index contributed by atoms with van der Waals surface area (Å²) in [5.74, 6) is 0.672. The van der Waals surface area contributed by atoms with E-state index in [-0.39, 0.29) is 24.1 Å². The number of hydrogen-bond donors (Lipinski definition) is 1. The Balaban J connectivity index is 1.83. The summed E-state index contributed by atoms with van der Waals surface area (Å²) in [6.07, 6.45) is 0.256. The Hall–Kier alpha value is -2.81. The minimum Gasteiger partial charge on any atom is -0.480 e. The maximum absolute atomic E-state index is 13.6. The molecule has 4 rings (SSSR count). The minimum absolute atomic E-state index is 0.143. The summed E-state index contributed by atoms with van der Waals surface area (Å²) >= 11 is 3.22. The zero-order valence-corrected chi connectivity index (χ0v) is 16.1. The number of fused-ring (bicyclic) bond motifs is 1. The van der Waals surface area contributed by atoms with Gasteiger partial charge in [0.15, 0.2) is 5.82 Å². The van der Waals surface area contributed by atoms with E-state index >= 15 is 0 Å². The van der Waals surface area contributed by atoms with Crippen LogP contribution >= 0.6 is 15.9 Å². The fraction of sp³-hybridized carbons (Fsp3) is 0.222. The molecule has 1 aromatic carbocycles. The number of carbonyl (C=O) groups excluding carboxylic acids is 1. The van der Waals surface area contributed by atoms with Crippen LogP contribution in [0.1, 0.15) is 29.2 Å². The summed E-state index contributed by atoms with van der Waals surface area (Å²) in [5.41, 5.74) is 2.47. The number of ether oxygens (including phenoxy) is 1. The van der Waals surface area contributed by atoms with Crippen LogP contribution in [0.15, 0.2) is 34.8 Å². The lowest BCUT2D eigenvalue weighted by Crippen LogP contribution is -2.25. The summed E-state index contributed by atoms with van der Waals surface area (Å²) in [6, 6.07) is 8.16. The Labute approximate surface area is 162 Å². The lowest BCUT2D eigenvalue weighted by atomic mass is 9.86. The predicted molar refractivity (Wildman–Crippen MR) is 99.6 cm³/mol. The van der Waals surface area contributed by atoms with Gasteiger partial charge in [-0.2, -0.15) is 9.78 Å². The molecule has 1 unspecified atom stereocenters. The van der Waals surface area contributed by atoms with Gasteiger partial charge in [0, 0.05) is 24.0 Å². The van der Waals surface area contributed by atoms with Crippen molar-refractivity contribution in [2.45, 2.75) is 19.3 Å². The van der Waals surface area contributed by atoms with Crippen LogP contribution in [0.5, 0.6) is 5.88 Å². The van der Waals surface area contributed by atoms with Crippen molar-refractivity contribution >= 4 is 27.7 Å². The average Bonchev–Trinajstić information content (AvgIpc) is 3.00. The second-order valence-electron chi connectivity index (χ2n) is 6.17. The SMILES string of the molecule is COc1ccc(-n2nc(C)c3c2NC(=O)CC3c2ccc(F)c(Br)c2)nn1. The van der Waals surface area contributed by atoms with E-state index in [1.807, 2.05) is 6.92 Å². The molecule has 0 spiro atoms. The highest BCUT2D eigenvalue weighted by atomic mass is 79.9. The zero-order chi connectivity index (χ0) is 19.1. The Kier molecular flexibility index (Phi) is 4.39. The Bertz CT molecular complexity index is 1030. The molecule has 0 radical (unpaired) electrons. The van der Waals surface area contributed by atoms with Crippen LogP contribution in [0.25, 0.3) is 5.82 Å². The lowest BCUT2D eigenvalue weighted by molar-refractivity contribution is -0.116. The van der Waals surface area contributed by atoms with E-state index in [9.17, 15) is 9.18 Å². The normalized spacial score (nSPS) is 16.0. The van der Waals surface area contributed by atoms with E-state index < -0.39 is 0 Å². The number of rotatable bonds is 3. The standard InChI is InChI=1S/C18H15BrFN5O2/c1-9-17-11(10-3-4-13(20)12(19)7-10)8-15(26)21-18(17)25(24-9)14-5-6-16(27-2)23-22-14/h3-7,11H,8H2,1-2H3,(H,21,26). The van der Waals surface area contributed by atoms with Gasteiger partial charge >= 0.3 is 0 Å². The Morgan fingerprint density at radius 3 is 2.78 bits per heavy atom. The molecule has 1 aliphatic heterocycles. The summed E-state index contributed by atoms with van der Waals surface area (Å²) in [6.45, 7) is 1.87. The molecule has 3 aromatic rings. The summed E-state index contributed by atoms with van der Waals surface area (Å²) in [5, 5.41) is 15.5. The van der Waals surface area contributed by atoms with E-state index in [4.69, 9.17) is 4.74 Å². The molecule has 9 heteroatoms. The summed E-state index contributed by atoms with van der Waals surface area (Å²) in [4.78, 5) is 12.4. The van der Waals surface area contributed by atoms with Crippen molar-refractivity contribution in [3.63, 3.8) is 0 Å². The molecule has 7 nitrogen and oxygen atoms in total. The number of amides is 1. The first kappa shape index (κ1) is 17.6. The quantitative estimate of drug-likeness (QED) is 0.687. The van der Waals surface area contributed by atoms with Crippen LogP contribution in [0, 0.1) is 12.7 Å². The maximum Gasteiger partial charge on any atom is 0.233 e. The van der Waals surface area contributed by atoms with Gasteiger partial charge < -0.3 is 10.1 Å². The van der Waals surface area contributed by atoms with Crippen LogP contribution < -0.4 is 10.1 Å². The highest BCUT2D eigenvalue weighted by Gasteiger charge is 2.33. The van der Waals surface area contributed by atoms with Crippen molar-refractivity contribution in [2.75, 3.05) is 12.4 Å². The minimum atomic E-state index is -0.347. The Morgan fingerprint density at radius 1 is 1.30 bits per heavy atom. The number of methoxy groups -OCH3 is 1. The summed E-state index contributed by atoms with van der Waals surface area (Å²) in [7, 11) is 1.51. The van der Waals surface area contributed by atoms with Gasteiger partial charge in [-0.1, -0.05) is 6.07 Å². The first-order valence-electron chi connectivity index (χ1n) is 8.20. The van der Waals surface area contributed by atoms with Crippen molar-refractivity contribution in [3.8, 4) is 11.7 Å². The Morgan fingerprint density at radius 2 is 2.11 bits per heavy atom. The van der Waals surface area contributed by atoms with E-state index in [2.05, 4.69) is 36.5 Å². The smallest absolute Gasteiger partial charge is 0.233 e.